The molecule has 0 aliphatic heterocycles. The van der Waals surface area contributed by atoms with Crippen LogP contribution in [0.5, 0.6) is 0 Å². The van der Waals surface area contributed by atoms with Gasteiger partial charge in [-0.15, -0.1) is 0 Å². The smallest absolute Gasteiger partial charge is 0.341 e. The number of nitrogens with one attached hydrogen (secondary N) is 1. The summed E-state index contributed by atoms with van der Waals surface area (Å²) >= 11 is 0. The van der Waals surface area contributed by atoms with E-state index in [-0.39, 0.29) is 5.97 Å². The van der Waals surface area contributed by atoms with Crippen molar-refractivity contribution in [1.29, 1.82) is 0 Å². The standard InChI is InChI=1S/C17H21NO3/c1-13-16(17(19)20-2)11-15(21-13)12-18-10-6-9-14-7-4-3-5-8-14/h3-5,7-8,11,18H,6,9-10,12H2,1-2H3. The van der Waals surface area contributed by atoms with Crippen molar-refractivity contribution in [1.82, 2.24) is 5.32 Å². The Labute approximate surface area is 125 Å². The van der Waals surface area contributed by atoms with Crippen LogP contribution in [0.25, 0.3) is 0 Å². The summed E-state index contributed by atoms with van der Waals surface area (Å²) < 4.78 is 10.2. The van der Waals surface area contributed by atoms with Crippen molar-refractivity contribution in [3.8, 4) is 0 Å². The molecule has 0 unspecified atom stereocenters. The number of hydrogen-bond donors (Lipinski definition) is 1. The molecule has 0 aliphatic rings. The van der Waals surface area contributed by atoms with Gasteiger partial charge in [0.15, 0.2) is 0 Å². The fraction of sp³-hybridized carbons (Fsp3) is 0.353. The van der Waals surface area contributed by atoms with Gasteiger partial charge in [0.05, 0.1) is 13.7 Å². The summed E-state index contributed by atoms with van der Waals surface area (Å²) in [6.07, 6.45) is 2.12. The molecule has 2 rings (SSSR count). The van der Waals surface area contributed by atoms with E-state index in [0.717, 1.165) is 25.1 Å². The topological polar surface area (TPSA) is 51.5 Å². The van der Waals surface area contributed by atoms with Gasteiger partial charge in [0.25, 0.3) is 0 Å². The van der Waals surface area contributed by atoms with Crippen molar-refractivity contribution >= 4 is 5.97 Å². The van der Waals surface area contributed by atoms with E-state index in [9.17, 15) is 4.79 Å². The van der Waals surface area contributed by atoms with Gasteiger partial charge in [-0.2, -0.15) is 0 Å². The Bertz CT molecular complexity index is 575. The lowest BCUT2D eigenvalue weighted by Crippen LogP contribution is -2.14. The first-order valence-electron chi connectivity index (χ1n) is 7.13. The lowest BCUT2D eigenvalue weighted by atomic mass is 10.1. The van der Waals surface area contributed by atoms with Crippen LogP contribution in [0.15, 0.2) is 40.8 Å². The number of benzene rings is 1. The third-order valence-electron chi connectivity index (χ3n) is 3.34. The zero-order valence-electron chi connectivity index (χ0n) is 12.5. The molecule has 1 aromatic heterocycles. The normalized spacial score (nSPS) is 10.6. The number of aryl methyl sites for hydroxylation is 2. The van der Waals surface area contributed by atoms with Gasteiger partial charge >= 0.3 is 5.97 Å². The first kappa shape index (κ1) is 15.3. The number of ether oxygens (including phenoxy) is 1. The maximum atomic E-state index is 11.5. The number of hydrogen-bond acceptors (Lipinski definition) is 4. The Morgan fingerprint density at radius 1 is 1.29 bits per heavy atom. The van der Waals surface area contributed by atoms with Gasteiger partial charge in [-0.1, -0.05) is 30.3 Å². The van der Waals surface area contributed by atoms with Crippen LogP contribution in [0.2, 0.25) is 0 Å². The molecule has 0 spiro atoms. The predicted octanol–water partition coefficient (Wildman–Crippen LogP) is 3.10. The molecule has 1 aromatic carbocycles. The molecule has 1 N–H and O–H groups in total. The van der Waals surface area contributed by atoms with Gasteiger partial charge in [-0.05, 0) is 37.9 Å². The van der Waals surface area contributed by atoms with E-state index in [2.05, 4.69) is 29.6 Å². The molecule has 21 heavy (non-hydrogen) atoms. The second-order valence-corrected chi connectivity index (χ2v) is 4.94. The highest BCUT2D eigenvalue weighted by Crippen LogP contribution is 2.15. The van der Waals surface area contributed by atoms with E-state index in [0.29, 0.717) is 17.9 Å². The fourth-order valence-corrected chi connectivity index (χ4v) is 2.22. The van der Waals surface area contributed by atoms with Crippen LogP contribution in [0, 0.1) is 6.92 Å². The number of methoxy groups -OCH3 is 1. The van der Waals surface area contributed by atoms with Crippen LogP contribution in [0.1, 0.15) is 33.9 Å². The van der Waals surface area contributed by atoms with E-state index >= 15 is 0 Å². The maximum Gasteiger partial charge on any atom is 0.341 e. The summed E-state index contributed by atoms with van der Waals surface area (Å²) in [6.45, 7) is 3.29. The van der Waals surface area contributed by atoms with Crippen LogP contribution in [-0.4, -0.2) is 19.6 Å². The largest absolute Gasteiger partial charge is 0.465 e. The third-order valence-corrected chi connectivity index (χ3v) is 3.34. The zero-order chi connectivity index (χ0) is 15.1. The molecular weight excluding hydrogens is 266 g/mol. The lowest BCUT2D eigenvalue weighted by molar-refractivity contribution is 0.0599. The SMILES string of the molecule is COC(=O)c1cc(CNCCCc2ccccc2)oc1C. The molecule has 112 valence electrons. The molecule has 0 amide bonds. The van der Waals surface area contributed by atoms with Crippen LogP contribution in [-0.2, 0) is 17.7 Å². The van der Waals surface area contributed by atoms with E-state index in [1.54, 1.807) is 13.0 Å². The molecule has 4 nitrogen and oxygen atoms in total. The van der Waals surface area contributed by atoms with Crippen molar-refractivity contribution in [2.24, 2.45) is 0 Å². The first-order valence-corrected chi connectivity index (χ1v) is 7.13. The molecular formula is C17H21NO3. The quantitative estimate of drug-likeness (QED) is 0.628. The van der Waals surface area contributed by atoms with Gasteiger partial charge in [0.1, 0.15) is 17.1 Å². The minimum atomic E-state index is -0.355. The molecule has 0 radical (unpaired) electrons. The summed E-state index contributed by atoms with van der Waals surface area (Å²) in [5.74, 6) is 1.00. The number of furan rings is 1. The van der Waals surface area contributed by atoms with E-state index < -0.39 is 0 Å². The van der Waals surface area contributed by atoms with Crippen molar-refractivity contribution in [2.75, 3.05) is 13.7 Å². The second-order valence-electron chi connectivity index (χ2n) is 4.94. The summed E-state index contributed by atoms with van der Waals surface area (Å²) in [5, 5.41) is 3.32. The van der Waals surface area contributed by atoms with Gasteiger partial charge in [-0.25, -0.2) is 4.79 Å². The highest BCUT2D eigenvalue weighted by atomic mass is 16.5. The van der Waals surface area contributed by atoms with E-state index in [4.69, 9.17) is 9.15 Å². The van der Waals surface area contributed by atoms with Crippen molar-refractivity contribution < 1.29 is 13.9 Å². The highest BCUT2D eigenvalue weighted by Gasteiger charge is 2.14. The summed E-state index contributed by atoms with van der Waals surface area (Å²) in [4.78, 5) is 11.5. The summed E-state index contributed by atoms with van der Waals surface area (Å²) in [5.41, 5.74) is 1.85. The van der Waals surface area contributed by atoms with Crippen molar-refractivity contribution in [3.63, 3.8) is 0 Å². The average molecular weight is 287 g/mol. The predicted molar refractivity (Wildman–Crippen MR) is 81.3 cm³/mol. The number of carbonyl (C=O) groups excluding carboxylic acids is 1. The Morgan fingerprint density at radius 3 is 2.76 bits per heavy atom. The molecule has 0 fully saturated rings. The summed E-state index contributed by atoms with van der Waals surface area (Å²) in [7, 11) is 1.37. The highest BCUT2D eigenvalue weighted by molar-refractivity contribution is 5.90. The zero-order valence-corrected chi connectivity index (χ0v) is 12.5. The van der Waals surface area contributed by atoms with Gasteiger partial charge in [-0.3, -0.25) is 0 Å². The van der Waals surface area contributed by atoms with Crippen LogP contribution in [0.3, 0.4) is 0 Å². The Kier molecular flexibility index (Phi) is 5.58. The molecule has 0 saturated carbocycles. The third kappa shape index (κ3) is 4.46. The lowest BCUT2D eigenvalue weighted by Gasteiger charge is -2.03. The maximum absolute atomic E-state index is 11.5. The number of carbonyl (C=O) groups is 1. The molecule has 0 saturated heterocycles. The van der Waals surface area contributed by atoms with Gasteiger partial charge in [0.2, 0.25) is 0 Å². The fourth-order valence-electron chi connectivity index (χ4n) is 2.22. The average Bonchev–Trinajstić information content (AvgIpc) is 2.88. The van der Waals surface area contributed by atoms with Crippen molar-refractivity contribution in [3.05, 3.63) is 59.0 Å². The first-order chi connectivity index (χ1) is 10.2. The Hall–Kier alpha value is -2.07. The number of rotatable bonds is 7. The molecule has 1 heterocycles. The summed E-state index contributed by atoms with van der Waals surface area (Å²) in [6, 6.07) is 12.2. The van der Waals surface area contributed by atoms with Gasteiger partial charge in [0, 0.05) is 0 Å². The monoisotopic (exact) mass is 287 g/mol. The van der Waals surface area contributed by atoms with Crippen LogP contribution >= 0.6 is 0 Å². The molecule has 2 aromatic rings. The second kappa shape index (κ2) is 7.64. The molecule has 4 heteroatoms. The van der Waals surface area contributed by atoms with Crippen LogP contribution < -0.4 is 5.32 Å². The molecule has 0 aliphatic carbocycles. The van der Waals surface area contributed by atoms with E-state index in [1.807, 2.05) is 6.07 Å². The van der Waals surface area contributed by atoms with Gasteiger partial charge < -0.3 is 14.5 Å². The van der Waals surface area contributed by atoms with Crippen LogP contribution in [0.4, 0.5) is 0 Å². The minimum Gasteiger partial charge on any atom is -0.465 e. The van der Waals surface area contributed by atoms with E-state index in [1.165, 1.54) is 12.7 Å². The Morgan fingerprint density at radius 2 is 2.05 bits per heavy atom. The van der Waals surface area contributed by atoms with Crippen molar-refractivity contribution in [2.45, 2.75) is 26.3 Å². The Balaban J connectivity index is 1.73. The molecule has 0 bridgehead atoms. The number of esters is 1. The molecule has 0 atom stereocenters. The minimum absolute atomic E-state index is 0.355.